The van der Waals surface area contributed by atoms with Crippen LogP contribution < -0.4 is 10.6 Å². The zero-order valence-electron chi connectivity index (χ0n) is 10.4. The minimum Gasteiger partial charge on any atom is -0.384 e. The monoisotopic (exact) mass is 231 g/mol. The zero-order chi connectivity index (χ0) is 12.3. The predicted molar refractivity (Wildman–Crippen MR) is 72.7 cm³/mol. The van der Waals surface area contributed by atoms with Gasteiger partial charge < -0.3 is 10.6 Å². The van der Waals surface area contributed by atoms with Crippen molar-refractivity contribution in [3.63, 3.8) is 0 Å². The predicted octanol–water partition coefficient (Wildman–Crippen LogP) is 2.60. The lowest BCUT2D eigenvalue weighted by Gasteiger charge is -2.33. The summed E-state index contributed by atoms with van der Waals surface area (Å²) in [6.07, 6.45) is 3.90. The van der Waals surface area contributed by atoms with Crippen molar-refractivity contribution in [3.8, 4) is 0 Å². The van der Waals surface area contributed by atoms with Gasteiger partial charge in [0.2, 0.25) is 0 Å². The number of piperidine rings is 1. The molecule has 2 rings (SSSR count). The summed E-state index contributed by atoms with van der Waals surface area (Å²) in [5, 5.41) is 7.37. The largest absolute Gasteiger partial charge is 0.384 e. The van der Waals surface area contributed by atoms with Gasteiger partial charge in [-0.2, -0.15) is 0 Å². The molecule has 3 heteroatoms. The third-order valence-electron chi connectivity index (χ3n) is 3.74. The smallest absolute Gasteiger partial charge is 0.122 e. The Labute approximate surface area is 103 Å². The van der Waals surface area contributed by atoms with Crippen molar-refractivity contribution >= 4 is 11.5 Å². The number of amidine groups is 1. The highest BCUT2D eigenvalue weighted by atomic mass is 15.1. The van der Waals surface area contributed by atoms with Gasteiger partial charge in [-0.25, -0.2) is 0 Å². The molecule has 0 aromatic heterocycles. The second kappa shape index (κ2) is 5.21. The molecule has 1 heterocycles. The van der Waals surface area contributed by atoms with E-state index in [9.17, 15) is 0 Å². The number of nitrogens with zero attached hydrogens (tertiary/aromatic N) is 1. The first-order chi connectivity index (χ1) is 8.20. The normalized spacial score (nSPS) is 17.1. The molecule has 1 aromatic carbocycles. The zero-order valence-corrected chi connectivity index (χ0v) is 10.4. The number of nitrogen functional groups attached to an aromatic ring is 1. The maximum atomic E-state index is 7.37. The molecule has 92 valence electrons. The molecule has 3 N–H and O–H groups in total. The van der Waals surface area contributed by atoms with E-state index >= 15 is 0 Å². The van der Waals surface area contributed by atoms with Crippen LogP contribution in [0.15, 0.2) is 24.3 Å². The van der Waals surface area contributed by atoms with E-state index in [-0.39, 0.29) is 5.84 Å². The van der Waals surface area contributed by atoms with E-state index in [2.05, 4.69) is 24.0 Å². The average molecular weight is 231 g/mol. The van der Waals surface area contributed by atoms with E-state index in [0.29, 0.717) is 0 Å². The Morgan fingerprint density at radius 3 is 2.35 bits per heavy atom. The number of anilines is 1. The fourth-order valence-corrected chi connectivity index (χ4v) is 2.45. The van der Waals surface area contributed by atoms with Crippen molar-refractivity contribution in [2.75, 3.05) is 18.0 Å². The minimum absolute atomic E-state index is 0.140. The van der Waals surface area contributed by atoms with E-state index in [0.717, 1.165) is 24.6 Å². The summed E-state index contributed by atoms with van der Waals surface area (Å²) < 4.78 is 0. The van der Waals surface area contributed by atoms with Crippen molar-refractivity contribution in [1.82, 2.24) is 0 Å². The first-order valence-electron chi connectivity index (χ1n) is 6.40. The highest BCUT2D eigenvalue weighted by molar-refractivity contribution is 5.95. The summed E-state index contributed by atoms with van der Waals surface area (Å²) in [5.74, 6) is 1.05. The molecular formula is C14H21N3. The molecule has 0 saturated carbocycles. The fraction of sp³-hybridized carbons (Fsp3) is 0.500. The van der Waals surface area contributed by atoms with Crippen LogP contribution in [0, 0.1) is 11.3 Å². The molecule has 0 amide bonds. The first kappa shape index (κ1) is 12.0. The topological polar surface area (TPSA) is 53.1 Å². The number of benzene rings is 1. The van der Waals surface area contributed by atoms with Crippen molar-refractivity contribution in [2.45, 2.75) is 26.2 Å². The highest BCUT2D eigenvalue weighted by Crippen LogP contribution is 2.25. The van der Waals surface area contributed by atoms with Gasteiger partial charge in [-0.1, -0.05) is 13.3 Å². The first-order valence-corrected chi connectivity index (χ1v) is 6.40. The molecular weight excluding hydrogens is 210 g/mol. The summed E-state index contributed by atoms with van der Waals surface area (Å²) in [6, 6.07) is 8.01. The molecule has 0 bridgehead atoms. The second-order valence-electron chi connectivity index (χ2n) is 4.80. The number of hydrogen-bond donors (Lipinski definition) is 2. The Hall–Kier alpha value is -1.51. The standard InChI is InChI=1S/C14H21N3/c1-2-11-7-9-17(10-8-11)13-5-3-12(4-6-13)14(15)16/h3-6,11H,2,7-10H2,1H3,(H3,15,16). The van der Waals surface area contributed by atoms with Crippen molar-refractivity contribution in [3.05, 3.63) is 29.8 Å². The van der Waals surface area contributed by atoms with Crippen LogP contribution in [-0.4, -0.2) is 18.9 Å². The number of hydrogen-bond acceptors (Lipinski definition) is 2. The summed E-state index contributed by atoms with van der Waals surface area (Å²) >= 11 is 0. The van der Waals surface area contributed by atoms with Gasteiger partial charge in [-0.15, -0.1) is 0 Å². The van der Waals surface area contributed by atoms with Gasteiger partial charge in [0.05, 0.1) is 0 Å². The van der Waals surface area contributed by atoms with Gasteiger partial charge in [0.15, 0.2) is 0 Å². The Balaban J connectivity index is 2.01. The molecule has 0 unspecified atom stereocenters. The van der Waals surface area contributed by atoms with Crippen molar-refractivity contribution in [2.24, 2.45) is 11.7 Å². The third-order valence-corrected chi connectivity index (χ3v) is 3.74. The molecule has 1 aliphatic heterocycles. The molecule has 1 aliphatic rings. The average Bonchev–Trinajstić information content (AvgIpc) is 2.39. The van der Waals surface area contributed by atoms with Crippen molar-refractivity contribution < 1.29 is 0 Å². The summed E-state index contributed by atoms with van der Waals surface area (Å²) in [4.78, 5) is 2.43. The van der Waals surface area contributed by atoms with Crippen molar-refractivity contribution in [1.29, 1.82) is 5.41 Å². The van der Waals surface area contributed by atoms with E-state index in [1.807, 2.05) is 12.1 Å². The van der Waals surface area contributed by atoms with E-state index in [4.69, 9.17) is 11.1 Å². The lowest BCUT2D eigenvalue weighted by atomic mass is 9.94. The van der Waals surface area contributed by atoms with Crippen LogP contribution in [0.1, 0.15) is 31.7 Å². The Morgan fingerprint density at radius 1 is 1.29 bits per heavy atom. The third kappa shape index (κ3) is 2.78. The molecule has 1 aromatic rings. The van der Waals surface area contributed by atoms with Crippen LogP contribution in [0.4, 0.5) is 5.69 Å². The highest BCUT2D eigenvalue weighted by Gasteiger charge is 2.17. The molecule has 3 nitrogen and oxygen atoms in total. The molecule has 1 fully saturated rings. The number of nitrogens with two attached hydrogens (primary N) is 1. The summed E-state index contributed by atoms with van der Waals surface area (Å²) in [5.41, 5.74) is 7.51. The Morgan fingerprint density at radius 2 is 1.88 bits per heavy atom. The van der Waals surface area contributed by atoms with Crippen LogP contribution in [0.2, 0.25) is 0 Å². The second-order valence-corrected chi connectivity index (χ2v) is 4.80. The van der Waals surface area contributed by atoms with Crippen LogP contribution in [-0.2, 0) is 0 Å². The molecule has 17 heavy (non-hydrogen) atoms. The SMILES string of the molecule is CCC1CCN(c2ccc(C(=N)N)cc2)CC1. The lowest BCUT2D eigenvalue weighted by Crippen LogP contribution is -2.33. The lowest BCUT2D eigenvalue weighted by molar-refractivity contribution is 0.395. The molecule has 1 saturated heterocycles. The van der Waals surface area contributed by atoms with Gasteiger partial charge in [0.25, 0.3) is 0 Å². The van der Waals surface area contributed by atoms with Crippen LogP contribution in [0.3, 0.4) is 0 Å². The van der Waals surface area contributed by atoms with Crippen LogP contribution >= 0.6 is 0 Å². The van der Waals surface area contributed by atoms with Gasteiger partial charge in [0.1, 0.15) is 5.84 Å². The Kier molecular flexibility index (Phi) is 3.67. The minimum atomic E-state index is 0.140. The van der Waals surface area contributed by atoms with Crippen LogP contribution in [0.25, 0.3) is 0 Å². The van der Waals surface area contributed by atoms with Crippen LogP contribution in [0.5, 0.6) is 0 Å². The molecule has 0 aliphatic carbocycles. The fourth-order valence-electron chi connectivity index (χ4n) is 2.45. The molecule has 0 radical (unpaired) electrons. The Bertz CT molecular complexity index is 375. The van der Waals surface area contributed by atoms with E-state index in [1.165, 1.54) is 24.9 Å². The van der Waals surface area contributed by atoms with Gasteiger partial charge >= 0.3 is 0 Å². The molecule has 0 spiro atoms. The van der Waals surface area contributed by atoms with Gasteiger partial charge in [-0.05, 0) is 43.0 Å². The number of rotatable bonds is 3. The van der Waals surface area contributed by atoms with Gasteiger partial charge in [-0.3, -0.25) is 5.41 Å². The molecule has 0 atom stereocenters. The van der Waals surface area contributed by atoms with E-state index < -0.39 is 0 Å². The van der Waals surface area contributed by atoms with Gasteiger partial charge in [0, 0.05) is 24.3 Å². The van der Waals surface area contributed by atoms with E-state index in [1.54, 1.807) is 0 Å². The summed E-state index contributed by atoms with van der Waals surface area (Å²) in [7, 11) is 0. The maximum Gasteiger partial charge on any atom is 0.122 e. The number of nitrogens with one attached hydrogen (secondary N) is 1. The maximum absolute atomic E-state index is 7.37. The quantitative estimate of drug-likeness (QED) is 0.620. The summed E-state index contributed by atoms with van der Waals surface area (Å²) in [6.45, 7) is 4.58.